The lowest BCUT2D eigenvalue weighted by atomic mass is 9.95. The highest BCUT2D eigenvalue weighted by Gasteiger charge is 2.38. The Morgan fingerprint density at radius 1 is 0.867 bits per heavy atom. The maximum atomic E-state index is 6.35. The fourth-order valence-corrected chi connectivity index (χ4v) is 4.35. The molecule has 2 aromatic rings. The Hall–Kier alpha value is -1.40. The molecule has 0 aliphatic carbocycles. The van der Waals surface area contributed by atoms with Gasteiger partial charge >= 0.3 is 0 Å². The maximum absolute atomic E-state index is 6.35. The van der Waals surface area contributed by atoms with Gasteiger partial charge in [0, 0.05) is 10.0 Å². The van der Waals surface area contributed by atoms with Crippen LogP contribution in [0.1, 0.15) is 69.0 Å². The zero-order valence-electron chi connectivity index (χ0n) is 17.6. The van der Waals surface area contributed by atoms with Crippen LogP contribution in [0.4, 0.5) is 0 Å². The van der Waals surface area contributed by atoms with E-state index in [1.807, 2.05) is 24.3 Å². The van der Waals surface area contributed by atoms with E-state index in [9.17, 15) is 0 Å². The van der Waals surface area contributed by atoms with Gasteiger partial charge < -0.3 is 18.9 Å². The van der Waals surface area contributed by atoms with Crippen LogP contribution in [-0.4, -0.2) is 25.4 Å². The predicted octanol–water partition coefficient (Wildman–Crippen LogP) is 6.74. The molecule has 0 N–H and O–H groups in total. The molecule has 0 amide bonds. The van der Waals surface area contributed by atoms with Gasteiger partial charge in [0.1, 0.15) is 11.9 Å². The van der Waals surface area contributed by atoms with Gasteiger partial charge in [-0.15, -0.1) is 0 Å². The van der Waals surface area contributed by atoms with Crippen LogP contribution in [0, 0.1) is 0 Å². The minimum atomic E-state index is -0.312. The number of unbranched alkanes of at least 4 members (excludes halogenated alkanes) is 3. The van der Waals surface area contributed by atoms with Crippen molar-refractivity contribution in [2.24, 2.45) is 0 Å². The van der Waals surface area contributed by atoms with Crippen molar-refractivity contribution in [3.05, 3.63) is 64.1 Å². The lowest BCUT2D eigenvalue weighted by Crippen LogP contribution is -2.45. The van der Waals surface area contributed by atoms with Crippen LogP contribution in [0.15, 0.2) is 53.0 Å². The third kappa shape index (κ3) is 5.64. The molecule has 2 fully saturated rings. The summed E-state index contributed by atoms with van der Waals surface area (Å²) in [4.78, 5) is 0. The van der Waals surface area contributed by atoms with Crippen molar-refractivity contribution in [2.45, 2.75) is 70.1 Å². The molecule has 162 valence electrons. The first kappa shape index (κ1) is 21.8. The first-order valence-electron chi connectivity index (χ1n) is 11.1. The molecule has 4 atom stereocenters. The highest BCUT2D eigenvalue weighted by molar-refractivity contribution is 9.10. The minimum absolute atomic E-state index is 0.0232. The molecule has 2 saturated heterocycles. The van der Waals surface area contributed by atoms with Crippen LogP contribution < -0.4 is 4.74 Å². The summed E-state index contributed by atoms with van der Waals surface area (Å²) in [5.41, 5.74) is 2.24. The molecule has 30 heavy (non-hydrogen) atoms. The summed E-state index contributed by atoms with van der Waals surface area (Å²) < 4.78 is 25.4. The summed E-state index contributed by atoms with van der Waals surface area (Å²) in [7, 11) is 0. The largest absolute Gasteiger partial charge is 0.494 e. The summed E-state index contributed by atoms with van der Waals surface area (Å²) in [6.45, 7) is 3.57. The van der Waals surface area contributed by atoms with Crippen LogP contribution in [0.5, 0.6) is 5.75 Å². The Balaban J connectivity index is 1.27. The summed E-state index contributed by atoms with van der Waals surface area (Å²) in [5, 5.41) is 0. The molecule has 4 nitrogen and oxygen atoms in total. The number of fused-ring (bicyclic) bond motifs is 1. The standard InChI is InChI=1S/C25H31BrO4/c1-2-3-4-5-16-27-21-12-8-18(9-13-21)22-14-15-23-24(29-22)17-28-25(30-23)19-6-10-20(26)11-7-19/h6-13,22-25H,2-5,14-17H2,1H3/t22-,23+,24-,25-/m1/s1. The molecular weight excluding hydrogens is 444 g/mol. The van der Waals surface area contributed by atoms with E-state index in [0.29, 0.717) is 6.61 Å². The third-order valence-electron chi connectivity index (χ3n) is 5.84. The summed E-state index contributed by atoms with van der Waals surface area (Å²) in [6.07, 6.45) is 6.63. The molecule has 0 saturated carbocycles. The Bertz CT molecular complexity index is 777. The van der Waals surface area contributed by atoms with E-state index < -0.39 is 0 Å². The smallest absolute Gasteiger partial charge is 0.184 e. The highest BCUT2D eigenvalue weighted by Crippen LogP contribution is 2.38. The molecule has 2 aromatic carbocycles. The monoisotopic (exact) mass is 474 g/mol. The van der Waals surface area contributed by atoms with Crippen molar-refractivity contribution in [3.63, 3.8) is 0 Å². The van der Waals surface area contributed by atoms with Crippen molar-refractivity contribution in [3.8, 4) is 5.75 Å². The molecule has 0 aromatic heterocycles. The second-order valence-electron chi connectivity index (χ2n) is 8.11. The van der Waals surface area contributed by atoms with Crippen LogP contribution in [0.3, 0.4) is 0 Å². The van der Waals surface area contributed by atoms with Gasteiger partial charge in [-0.25, -0.2) is 0 Å². The Labute approximate surface area is 188 Å². The van der Waals surface area contributed by atoms with Gasteiger partial charge in [0.15, 0.2) is 6.29 Å². The van der Waals surface area contributed by atoms with Crippen LogP contribution in [0.2, 0.25) is 0 Å². The van der Waals surface area contributed by atoms with Crippen molar-refractivity contribution in [1.29, 1.82) is 0 Å². The topological polar surface area (TPSA) is 36.9 Å². The zero-order valence-corrected chi connectivity index (χ0v) is 19.2. The Kier molecular flexibility index (Phi) is 7.83. The Morgan fingerprint density at radius 2 is 1.63 bits per heavy atom. The van der Waals surface area contributed by atoms with Crippen LogP contribution in [0.25, 0.3) is 0 Å². The van der Waals surface area contributed by atoms with E-state index in [2.05, 4.69) is 47.1 Å². The number of hydrogen-bond donors (Lipinski definition) is 0. The van der Waals surface area contributed by atoms with E-state index >= 15 is 0 Å². The molecule has 0 spiro atoms. The molecule has 5 heteroatoms. The van der Waals surface area contributed by atoms with Crippen LogP contribution in [-0.2, 0) is 14.2 Å². The average molecular weight is 475 g/mol. The minimum Gasteiger partial charge on any atom is -0.494 e. The first-order chi connectivity index (χ1) is 14.7. The molecule has 0 bridgehead atoms. The van der Waals surface area contributed by atoms with Gasteiger partial charge in [-0.2, -0.15) is 0 Å². The summed E-state index contributed by atoms with van der Waals surface area (Å²) in [6, 6.07) is 16.5. The number of rotatable bonds is 8. The lowest BCUT2D eigenvalue weighted by molar-refractivity contribution is -0.289. The van der Waals surface area contributed by atoms with Crippen molar-refractivity contribution in [1.82, 2.24) is 0 Å². The average Bonchev–Trinajstić information content (AvgIpc) is 2.79. The molecule has 0 unspecified atom stereocenters. The predicted molar refractivity (Wildman–Crippen MR) is 121 cm³/mol. The van der Waals surface area contributed by atoms with Crippen LogP contribution >= 0.6 is 15.9 Å². The molecule has 2 aliphatic rings. The quantitative estimate of drug-likeness (QED) is 0.396. The molecular formula is C25H31BrO4. The molecule has 0 radical (unpaired) electrons. The van der Waals surface area contributed by atoms with Gasteiger partial charge in [-0.1, -0.05) is 66.4 Å². The second-order valence-corrected chi connectivity index (χ2v) is 9.03. The summed E-state index contributed by atoms with van der Waals surface area (Å²) >= 11 is 3.47. The van der Waals surface area contributed by atoms with E-state index in [4.69, 9.17) is 18.9 Å². The lowest BCUT2D eigenvalue weighted by Gasteiger charge is -2.42. The van der Waals surface area contributed by atoms with Gasteiger partial charge in [0.25, 0.3) is 0 Å². The fourth-order valence-electron chi connectivity index (χ4n) is 4.09. The Morgan fingerprint density at radius 3 is 2.40 bits per heavy atom. The molecule has 2 heterocycles. The second kappa shape index (κ2) is 10.8. The molecule has 4 rings (SSSR count). The van der Waals surface area contributed by atoms with E-state index in [-0.39, 0.29) is 24.6 Å². The summed E-state index contributed by atoms with van der Waals surface area (Å²) in [5.74, 6) is 0.936. The van der Waals surface area contributed by atoms with E-state index in [1.54, 1.807) is 0 Å². The number of benzene rings is 2. The SMILES string of the molecule is CCCCCCOc1ccc([C@H]2CC[C@@H]3O[C@H](c4ccc(Br)cc4)OC[C@H]3O2)cc1. The fraction of sp³-hybridized carbons (Fsp3) is 0.520. The van der Waals surface area contributed by atoms with E-state index in [1.165, 1.54) is 24.8 Å². The maximum Gasteiger partial charge on any atom is 0.184 e. The van der Waals surface area contributed by atoms with Crippen molar-refractivity contribution >= 4 is 15.9 Å². The normalized spacial score (nSPS) is 26.2. The van der Waals surface area contributed by atoms with Gasteiger partial charge in [-0.3, -0.25) is 0 Å². The zero-order chi connectivity index (χ0) is 20.8. The van der Waals surface area contributed by atoms with Crippen molar-refractivity contribution < 1.29 is 18.9 Å². The third-order valence-corrected chi connectivity index (χ3v) is 6.37. The highest BCUT2D eigenvalue weighted by atomic mass is 79.9. The van der Waals surface area contributed by atoms with Gasteiger partial charge in [0.2, 0.25) is 0 Å². The van der Waals surface area contributed by atoms with Crippen molar-refractivity contribution in [2.75, 3.05) is 13.2 Å². The molecule has 2 aliphatic heterocycles. The van der Waals surface area contributed by atoms with Gasteiger partial charge in [0.05, 0.1) is 25.4 Å². The van der Waals surface area contributed by atoms with E-state index in [0.717, 1.165) is 41.7 Å². The number of ether oxygens (including phenoxy) is 4. The number of hydrogen-bond acceptors (Lipinski definition) is 4. The number of halogens is 1. The first-order valence-corrected chi connectivity index (χ1v) is 11.9. The van der Waals surface area contributed by atoms with Gasteiger partial charge in [-0.05, 0) is 49.1 Å².